The van der Waals surface area contributed by atoms with E-state index in [2.05, 4.69) is 0 Å². The molecule has 1 aliphatic rings. The van der Waals surface area contributed by atoms with Crippen LogP contribution in [0, 0.1) is 11.6 Å². The van der Waals surface area contributed by atoms with E-state index in [4.69, 9.17) is 16.3 Å². The summed E-state index contributed by atoms with van der Waals surface area (Å²) in [5.41, 5.74) is 0. The summed E-state index contributed by atoms with van der Waals surface area (Å²) in [6.45, 7) is 0.667. The summed E-state index contributed by atoms with van der Waals surface area (Å²) in [6, 6.07) is 9.16. The highest BCUT2D eigenvalue weighted by atomic mass is 35.5. The Bertz CT molecular complexity index is 995. The average Bonchev–Trinajstić information content (AvgIpc) is 2.71. The van der Waals surface area contributed by atoms with E-state index in [0.29, 0.717) is 0 Å². The predicted molar refractivity (Wildman–Crippen MR) is 103 cm³/mol. The molecule has 0 aromatic heterocycles. The first-order valence-corrected chi connectivity index (χ1v) is 10.7. The zero-order chi connectivity index (χ0) is 21.0. The van der Waals surface area contributed by atoms with E-state index in [1.807, 2.05) is 0 Å². The molecule has 0 bridgehead atoms. The van der Waals surface area contributed by atoms with Gasteiger partial charge in [-0.3, -0.25) is 4.79 Å². The van der Waals surface area contributed by atoms with Crippen molar-refractivity contribution in [2.24, 2.45) is 0 Å². The Morgan fingerprint density at radius 1 is 1.03 bits per heavy atom. The summed E-state index contributed by atoms with van der Waals surface area (Å²) in [4.78, 5) is 13.7. The fourth-order valence-corrected chi connectivity index (χ4v) is 4.63. The Morgan fingerprint density at radius 3 is 2.38 bits per heavy atom. The number of halogens is 3. The van der Waals surface area contributed by atoms with Crippen LogP contribution in [0.1, 0.15) is 6.42 Å². The highest BCUT2D eigenvalue weighted by molar-refractivity contribution is 7.89. The molecule has 1 amide bonds. The Kier molecular flexibility index (Phi) is 6.71. The molecule has 0 spiro atoms. The predicted octanol–water partition coefficient (Wildman–Crippen LogP) is 2.92. The smallest absolute Gasteiger partial charge is 0.243 e. The lowest BCUT2D eigenvalue weighted by molar-refractivity contribution is -0.132. The number of para-hydroxylation sites is 1. The summed E-state index contributed by atoms with van der Waals surface area (Å²) >= 11 is 5.68. The van der Waals surface area contributed by atoms with Crippen molar-refractivity contribution >= 4 is 27.5 Å². The fourth-order valence-electron chi connectivity index (χ4n) is 2.93. The number of nitrogens with zero attached hydrogens (tertiary/aromatic N) is 2. The monoisotopic (exact) mass is 444 g/mol. The molecule has 0 aliphatic carbocycles. The Morgan fingerprint density at radius 2 is 1.72 bits per heavy atom. The van der Waals surface area contributed by atoms with Crippen molar-refractivity contribution in [3.05, 3.63) is 59.1 Å². The van der Waals surface area contributed by atoms with Crippen LogP contribution in [0.25, 0.3) is 0 Å². The van der Waals surface area contributed by atoms with Crippen LogP contribution < -0.4 is 4.74 Å². The standard InChI is InChI=1S/C19H19ClF2N2O4S/c20-15-13-14(5-6-16(15)21)29(26,27)24-10-8-23(9-11-24)19(25)7-12-28-18-4-2-1-3-17(18)22/h1-6,13H,7-12H2. The van der Waals surface area contributed by atoms with Gasteiger partial charge in [-0.15, -0.1) is 0 Å². The molecule has 1 aliphatic heterocycles. The SMILES string of the molecule is O=C(CCOc1ccccc1F)N1CCN(S(=O)(=O)c2ccc(F)c(Cl)c2)CC1. The minimum absolute atomic E-state index is 0.0202. The molecular formula is C19H19ClF2N2O4S. The molecule has 2 aromatic rings. The number of carbonyl (C=O) groups excluding carboxylic acids is 1. The normalized spacial score (nSPS) is 15.3. The van der Waals surface area contributed by atoms with Crippen molar-refractivity contribution in [3.8, 4) is 5.75 Å². The lowest BCUT2D eigenvalue weighted by Gasteiger charge is -2.34. The first-order chi connectivity index (χ1) is 13.8. The van der Waals surface area contributed by atoms with Gasteiger partial charge in [0.25, 0.3) is 0 Å². The number of hydrogen-bond acceptors (Lipinski definition) is 4. The third kappa shape index (κ3) is 5.04. The molecular weight excluding hydrogens is 426 g/mol. The van der Waals surface area contributed by atoms with Crippen molar-refractivity contribution in [1.29, 1.82) is 0 Å². The first-order valence-electron chi connectivity index (χ1n) is 8.89. The van der Waals surface area contributed by atoms with E-state index >= 15 is 0 Å². The summed E-state index contributed by atoms with van der Waals surface area (Å²) in [5.74, 6) is -1.32. The van der Waals surface area contributed by atoms with Gasteiger partial charge in [0, 0.05) is 26.2 Å². The Hall–Kier alpha value is -2.23. The quantitative estimate of drug-likeness (QED) is 0.687. The van der Waals surface area contributed by atoms with Crippen LogP contribution in [0.4, 0.5) is 8.78 Å². The molecule has 0 unspecified atom stereocenters. The summed E-state index contributed by atoms with van der Waals surface area (Å²) < 4.78 is 58.6. The van der Waals surface area contributed by atoms with Crippen molar-refractivity contribution in [2.75, 3.05) is 32.8 Å². The molecule has 6 nitrogen and oxygen atoms in total. The van der Waals surface area contributed by atoms with Crippen LogP contribution in [0.2, 0.25) is 5.02 Å². The summed E-state index contributed by atoms with van der Waals surface area (Å²) in [5, 5.41) is -0.269. The highest BCUT2D eigenvalue weighted by Crippen LogP contribution is 2.23. The second kappa shape index (κ2) is 9.06. The highest BCUT2D eigenvalue weighted by Gasteiger charge is 2.30. The molecule has 3 rings (SSSR count). The summed E-state index contributed by atoms with van der Waals surface area (Å²) in [6.07, 6.45) is 0.0503. The van der Waals surface area contributed by atoms with E-state index in [-0.39, 0.29) is 60.8 Å². The average molecular weight is 445 g/mol. The molecule has 0 saturated carbocycles. The van der Waals surface area contributed by atoms with Gasteiger partial charge in [-0.2, -0.15) is 4.31 Å². The molecule has 0 N–H and O–H groups in total. The van der Waals surface area contributed by atoms with E-state index in [1.54, 1.807) is 12.1 Å². The Labute approximate surface area is 172 Å². The number of piperazine rings is 1. The van der Waals surface area contributed by atoms with Crippen molar-refractivity contribution in [3.63, 3.8) is 0 Å². The zero-order valence-electron chi connectivity index (χ0n) is 15.4. The van der Waals surface area contributed by atoms with Crippen LogP contribution in [0.5, 0.6) is 5.75 Å². The second-order valence-electron chi connectivity index (χ2n) is 6.39. The number of carbonyl (C=O) groups is 1. The van der Waals surface area contributed by atoms with E-state index in [9.17, 15) is 22.0 Å². The molecule has 1 fully saturated rings. The van der Waals surface area contributed by atoms with E-state index in [1.165, 1.54) is 21.3 Å². The van der Waals surface area contributed by atoms with Gasteiger partial charge in [-0.05, 0) is 30.3 Å². The lowest BCUT2D eigenvalue weighted by atomic mass is 10.3. The molecule has 29 heavy (non-hydrogen) atoms. The topological polar surface area (TPSA) is 66.9 Å². The Balaban J connectivity index is 1.52. The van der Waals surface area contributed by atoms with Gasteiger partial charge in [0.15, 0.2) is 11.6 Å². The minimum Gasteiger partial charge on any atom is -0.490 e. The van der Waals surface area contributed by atoms with Gasteiger partial charge >= 0.3 is 0 Å². The van der Waals surface area contributed by atoms with Crippen LogP contribution in [0.15, 0.2) is 47.4 Å². The van der Waals surface area contributed by atoms with Gasteiger partial charge in [-0.1, -0.05) is 23.7 Å². The molecule has 0 radical (unpaired) electrons. The fraction of sp³-hybridized carbons (Fsp3) is 0.316. The zero-order valence-corrected chi connectivity index (χ0v) is 16.9. The van der Waals surface area contributed by atoms with Gasteiger partial charge in [0.2, 0.25) is 15.9 Å². The second-order valence-corrected chi connectivity index (χ2v) is 8.73. The minimum atomic E-state index is -3.83. The molecule has 1 saturated heterocycles. The molecule has 156 valence electrons. The van der Waals surface area contributed by atoms with Gasteiger partial charge in [-0.25, -0.2) is 17.2 Å². The van der Waals surface area contributed by atoms with E-state index < -0.39 is 21.7 Å². The van der Waals surface area contributed by atoms with Crippen molar-refractivity contribution < 1.29 is 26.7 Å². The van der Waals surface area contributed by atoms with Gasteiger partial charge < -0.3 is 9.64 Å². The van der Waals surface area contributed by atoms with Crippen molar-refractivity contribution in [1.82, 2.24) is 9.21 Å². The largest absolute Gasteiger partial charge is 0.490 e. The van der Waals surface area contributed by atoms with Crippen molar-refractivity contribution in [2.45, 2.75) is 11.3 Å². The third-order valence-corrected chi connectivity index (χ3v) is 6.71. The number of benzene rings is 2. The third-order valence-electron chi connectivity index (χ3n) is 4.53. The molecule has 1 heterocycles. The number of amides is 1. The maximum absolute atomic E-state index is 13.5. The molecule has 2 aromatic carbocycles. The van der Waals surface area contributed by atoms with E-state index in [0.717, 1.165) is 18.2 Å². The number of hydrogen-bond donors (Lipinski definition) is 0. The van der Waals surface area contributed by atoms with Crippen LogP contribution in [-0.4, -0.2) is 56.3 Å². The van der Waals surface area contributed by atoms with Gasteiger partial charge in [0.1, 0.15) is 5.82 Å². The maximum Gasteiger partial charge on any atom is 0.243 e. The first kappa shape index (κ1) is 21.5. The molecule has 10 heteroatoms. The summed E-state index contributed by atoms with van der Waals surface area (Å²) in [7, 11) is -3.83. The number of ether oxygens (including phenoxy) is 1. The van der Waals surface area contributed by atoms with Crippen LogP contribution >= 0.6 is 11.6 Å². The van der Waals surface area contributed by atoms with Crippen LogP contribution in [-0.2, 0) is 14.8 Å². The number of rotatable bonds is 6. The van der Waals surface area contributed by atoms with Gasteiger partial charge in [0.05, 0.1) is 22.9 Å². The maximum atomic E-state index is 13.5. The lowest BCUT2D eigenvalue weighted by Crippen LogP contribution is -2.50. The van der Waals surface area contributed by atoms with Crippen LogP contribution in [0.3, 0.4) is 0 Å². The molecule has 0 atom stereocenters. The number of sulfonamides is 1.